The molecule has 0 saturated carbocycles. The summed E-state index contributed by atoms with van der Waals surface area (Å²) in [6.07, 6.45) is 0.651. The van der Waals surface area contributed by atoms with Gasteiger partial charge in [0.1, 0.15) is 18.1 Å². The van der Waals surface area contributed by atoms with Gasteiger partial charge in [0, 0.05) is 13.5 Å². The van der Waals surface area contributed by atoms with E-state index in [2.05, 4.69) is 0 Å². The van der Waals surface area contributed by atoms with Gasteiger partial charge in [-0.05, 0) is 54.1 Å². The fourth-order valence-electron chi connectivity index (χ4n) is 2.74. The Labute approximate surface area is 181 Å². The van der Waals surface area contributed by atoms with Crippen molar-refractivity contribution >= 4 is 11.9 Å². The van der Waals surface area contributed by atoms with E-state index in [1.165, 1.54) is 0 Å². The van der Waals surface area contributed by atoms with Crippen LogP contribution >= 0.6 is 0 Å². The summed E-state index contributed by atoms with van der Waals surface area (Å²) in [6, 6.07) is 22.7. The number of carbonyl (C=O) groups excluding carboxylic acids is 2. The molecule has 6 heteroatoms. The minimum absolute atomic E-state index is 0.296. The summed E-state index contributed by atoms with van der Waals surface area (Å²) in [7, 11) is 1.60. The van der Waals surface area contributed by atoms with Gasteiger partial charge in [0.15, 0.2) is 0 Å². The average molecular weight is 420 g/mol. The van der Waals surface area contributed by atoms with Crippen LogP contribution < -0.4 is 9.47 Å². The molecule has 31 heavy (non-hydrogen) atoms. The second-order valence-corrected chi connectivity index (χ2v) is 6.65. The molecule has 0 aliphatic rings. The summed E-state index contributed by atoms with van der Waals surface area (Å²) in [5, 5.41) is 0. The van der Waals surface area contributed by atoms with Crippen molar-refractivity contribution in [3.63, 3.8) is 0 Å². The van der Waals surface area contributed by atoms with Crippen LogP contribution in [0.1, 0.15) is 26.3 Å². The van der Waals surface area contributed by atoms with Crippen LogP contribution in [0.3, 0.4) is 0 Å². The molecule has 160 valence electrons. The molecular formula is C25H24O6. The van der Waals surface area contributed by atoms with Gasteiger partial charge in [-0.2, -0.15) is 0 Å². The SMILES string of the molecule is COCCOc1ccc(C(=O)Oc2ccc(C(=O)OCCc3ccccc3)cc2)cc1. The summed E-state index contributed by atoms with van der Waals surface area (Å²) in [6.45, 7) is 1.21. The molecule has 0 aromatic heterocycles. The number of hydrogen-bond donors (Lipinski definition) is 0. The second kappa shape index (κ2) is 11.5. The van der Waals surface area contributed by atoms with E-state index >= 15 is 0 Å². The molecule has 0 unspecified atom stereocenters. The van der Waals surface area contributed by atoms with Crippen molar-refractivity contribution in [1.82, 2.24) is 0 Å². The lowest BCUT2D eigenvalue weighted by atomic mass is 10.2. The lowest BCUT2D eigenvalue weighted by molar-refractivity contribution is 0.0509. The molecule has 0 heterocycles. The molecule has 0 N–H and O–H groups in total. The van der Waals surface area contributed by atoms with Crippen molar-refractivity contribution in [1.29, 1.82) is 0 Å². The number of carbonyl (C=O) groups is 2. The Morgan fingerprint density at radius 2 is 1.29 bits per heavy atom. The zero-order valence-corrected chi connectivity index (χ0v) is 17.3. The topological polar surface area (TPSA) is 71.1 Å². The lowest BCUT2D eigenvalue weighted by Gasteiger charge is -2.08. The van der Waals surface area contributed by atoms with Gasteiger partial charge in [-0.3, -0.25) is 0 Å². The highest BCUT2D eigenvalue weighted by Crippen LogP contribution is 2.17. The number of rotatable bonds is 10. The van der Waals surface area contributed by atoms with Crippen molar-refractivity contribution in [2.45, 2.75) is 6.42 Å². The molecule has 0 fully saturated rings. The predicted octanol–water partition coefficient (Wildman–Crippen LogP) is 4.33. The third kappa shape index (κ3) is 6.97. The van der Waals surface area contributed by atoms with E-state index in [0.29, 0.717) is 48.9 Å². The molecule has 0 bridgehead atoms. The highest BCUT2D eigenvalue weighted by molar-refractivity contribution is 5.92. The van der Waals surface area contributed by atoms with Crippen LogP contribution in [0.15, 0.2) is 78.9 Å². The van der Waals surface area contributed by atoms with Crippen LogP contribution in [0.5, 0.6) is 11.5 Å². The van der Waals surface area contributed by atoms with Gasteiger partial charge in [-0.1, -0.05) is 30.3 Å². The quantitative estimate of drug-likeness (QED) is 0.276. The smallest absolute Gasteiger partial charge is 0.343 e. The Bertz CT molecular complexity index is 965. The van der Waals surface area contributed by atoms with Gasteiger partial charge < -0.3 is 18.9 Å². The Hall–Kier alpha value is -3.64. The largest absolute Gasteiger partial charge is 0.491 e. The highest BCUT2D eigenvalue weighted by atomic mass is 16.5. The number of benzene rings is 3. The Kier molecular flexibility index (Phi) is 8.20. The molecule has 0 aliphatic carbocycles. The Morgan fingerprint density at radius 3 is 1.94 bits per heavy atom. The normalized spacial score (nSPS) is 10.4. The third-order valence-corrected chi connectivity index (χ3v) is 4.41. The van der Waals surface area contributed by atoms with Crippen molar-refractivity contribution in [3.05, 3.63) is 95.6 Å². The highest BCUT2D eigenvalue weighted by Gasteiger charge is 2.11. The molecule has 6 nitrogen and oxygen atoms in total. The van der Waals surface area contributed by atoms with Crippen molar-refractivity contribution < 1.29 is 28.5 Å². The van der Waals surface area contributed by atoms with Crippen molar-refractivity contribution in [3.8, 4) is 11.5 Å². The first kappa shape index (κ1) is 22.1. The van der Waals surface area contributed by atoms with E-state index in [0.717, 1.165) is 5.56 Å². The third-order valence-electron chi connectivity index (χ3n) is 4.41. The lowest BCUT2D eigenvalue weighted by Crippen LogP contribution is -2.10. The summed E-state index contributed by atoms with van der Waals surface area (Å²) in [5.74, 6) is 0.0643. The van der Waals surface area contributed by atoms with E-state index < -0.39 is 11.9 Å². The zero-order valence-electron chi connectivity index (χ0n) is 17.3. The monoisotopic (exact) mass is 420 g/mol. The Balaban J connectivity index is 1.48. The summed E-state index contributed by atoms with van der Waals surface area (Å²) in [5.41, 5.74) is 1.89. The number of ether oxygens (including phenoxy) is 4. The van der Waals surface area contributed by atoms with Crippen LogP contribution in [-0.2, 0) is 15.9 Å². The maximum Gasteiger partial charge on any atom is 0.343 e. The van der Waals surface area contributed by atoms with Gasteiger partial charge in [-0.25, -0.2) is 9.59 Å². The number of hydrogen-bond acceptors (Lipinski definition) is 6. The number of methoxy groups -OCH3 is 1. The van der Waals surface area contributed by atoms with Gasteiger partial charge in [-0.15, -0.1) is 0 Å². The number of esters is 2. The molecule has 0 amide bonds. The first-order valence-electron chi connectivity index (χ1n) is 9.91. The van der Waals surface area contributed by atoms with Gasteiger partial charge in [0.25, 0.3) is 0 Å². The van der Waals surface area contributed by atoms with Gasteiger partial charge >= 0.3 is 11.9 Å². The van der Waals surface area contributed by atoms with Crippen LogP contribution in [-0.4, -0.2) is 38.9 Å². The summed E-state index contributed by atoms with van der Waals surface area (Å²) >= 11 is 0. The van der Waals surface area contributed by atoms with Gasteiger partial charge in [0.05, 0.1) is 24.3 Å². The van der Waals surface area contributed by atoms with Crippen molar-refractivity contribution in [2.24, 2.45) is 0 Å². The maximum absolute atomic E-state index is 12.3. The first-order chi connectivity index (χ1) is 15.2. The zero-order chi connectivity index (χ0) is 21.9. The van der Waals surface area contributed by atoms with Crippen LogP contribution in [0.4, 0.5) is 0 Å². The summed E-state index contributed by atoms with van der Waals surface area (Å²) in [4.78, 5) is 24.5. The van der Waals surface area contributed by atoms with E-state index in [1.54, 1.807) is 55.6 Å². The molecule has 3 aromatic carbocycles. The minimum atomic E-state index is -0.498. The molecule has 0 saturated heterocycles. The Morgan fingerprint density at radius 1 is 0.677 bits per heavy atom. The molecule has 3 rings (SSSR count). The van der Waals surface area contributed by atoms with E-state index in [4.69, 9.17) is 18.9 Å². The average Bonchev–Trinajstić information content (AvgIpc) is 2.81. The van der Waals surface area contributed by atoms with Gasteiger partial charge in [0.2, 0.25) is 0 Å². The second-order valence-electron chi connectivity index (χ2n) is 6.65. The molecular weight excluding hydrogens is 396 g/mol. The van der Waals surface area contributed by atoms with Crippen LogP contribution in [0.25, 0.3) is 0 Å². The van der Waals surface area contributed by atoms with Crippen LogP contribution in [0.2, 0.25) is 0 Å². The molecule has 0 atom stereocenters. The molecule has 0 spiro atoms. The molecule has 3 aromatic rings. The molecule has 0 aliphatic heterocycles. The van der Waals surface area contributed by atoms with E-state index in [9.17, 15) is 9.59 Å². The summed E-state index contributed by atoms with van der Waals surface area (Å²) < 4.78 is 21.1. The maximum atomic E-state index is 12.3. The standard InChI is InChI=1S/C25H24O6/c1-28-17-18-29-22-11-7-21(8-12-22)25(27)31-23-13-9-20(10-14-23)24(26)30-16-15-19-5-3-2-4-6-19/h2-14H,15-18H2,1H3. The minimum Gasteiger partial charge on any atom is -0.491 e. The van der Waals surface area contributed by atoms with Crippen molar-refractivity contribution in [2.75, 3.05) is 26.9 Å². The molecule has 0 radical (unpaired) electrons. The van der Waals surface area contributed by atoms with E-state index in [1.807, 2.05) is 30.3 Å². The predicted molar refractivity (Wildman–Crippen MR) is 116 cm³/mol. The fourth-order valence-corrected chi connectivity index (χ4v) is 2.74. The first-order valence-corrected chi connectivity index (χ1v) is 9.91. The fraction of sp³-hybridized carbons (Fsp3) is 0.200. The van der Waals surface area contributed by atoms with E-state index in [-0.39, 0.29) is 0 Å². The van der Waals surface area contributed by atoms with Crippen LogP contribution in [0, 0.1) is 0 Å².